The van der Waals surface area contributed by atoms with Crippen molar-refractivity contribution in [2.45, 2.75) is 30.7 Å². The van der Waals surface area contributed by atoms with Gasteiger partial charge in [0.1, 0.15) is 23.5 Å². The summed E-state index contributed by atoms with van der Waals surface area (Å²) < 4.78 is 16.8. The lowest BCUT2D eigenvalue weighted by molar-refractivity contribution is 0.0787. The van der Waals surface area contributed by atoms with Crippen LogP contribution in [0.25, 0.3) is 0 Å². The Labute approximate surface area is 172 Å². The number of pyridine rings is 1. The van der Waals surface area contributed by atoms with Crippen molar-refractivity contribution in [2.75, 3.05) is 13.2 Å². The first kappa shape index (κ1) is 19.3. The molecule has 0 aliphatic carbocycles. The zero-order valence-electron chi connectivity index (χ0n) is 16.2. The highest BCUT2D eigenvalue weighted by Gasteiger charge is 2.22. The van der Waals surface area contributed by atoms with Gasteiger partial charge in [-0.05, 0) is 38.1 Å². The molecule has 7 nitrogen and oxygen atoms in total. The predicted molar refractivity (Wildman–Crippen MR) is 108 cm³/mol. The van der Waals surface area contributed by atoms with E-state index in [0.717, 1.165) is 22.8 Å². The van der Waals surface area contributed by atoms with Crippen LogP contribution in [0.4, 0.5) is 0 Å². The molecule has 29 heavy (non-hydrogen) atoms. The van der Waals surface area contributed by atoms with Gasteiger partial charge in [-0.3, -0.25) is 4.79 Å². The van der Waals surface area contributed by atoms with Gasteiger partial charge in [0.25, 0.3) is 5.91 Å². The van der Waals surface area contributed by atoms with Gasteiger partial charge >= 0.3 is 0 Å². The average Bonchev–Trinajstić information content (AvgIpc) is 3.08. The van der Waals surface area contributed by atoms with E-state index in [9.17, 15) is 4.79 Å². The molecule has 0 fully saturated rings. The van der Waals surface area contributed by atoms with Gasteiger partial charge in [-0.2, -0.15) is 0 Å². The number of benzene rings is 1. The van der Waals surface area contributed by atoms with E-state index in [4.69, 9.17) is 14.0 Å². The van der Waals surface area contributed by atoms with Gasteiger partial charge in [-0.15, -0.1) is 11.8 Å². The third-order valence-corrected chi connectivity index (χ3v) is 5.64. The Morgan fingerprint density at radius 3 is 2.83 bits per heavy atom. The van der Waals surface area contributed by atoms with Gasteiger partial charge in [0.05, 0.1) is 17.8 Å². The number of aryl methyl sites for hydroxylation is 2. The molecule has 0 radical (unpaired) electrons. The minimum atomic E-state index is -0.246. The van der Waals surface area contributed by atoms with Crippen LogP contribution >= 0.6 is 11.8 Å². The number of nitrogens with zero attached hydrogens (tertiary/aromatic N) is 2. The molecule has 1 aliphatic rings. The Balaban J connectivity index is 1.38. The van der Waals surface area contributed by atoms with Crippen LogP contribution in [0.15, 0.2) is 52.1 Å². The van der Waals surface area contributed by atoms with Gasteiger partial charge in [0.15, 0.2) is 11.5 Å². The van der Waals surface area contributed by atoms with Crippen LogP contribution in [0.3, 0.4) is 0 Å². The van der Waals surface area contributed by atoms with E-state index in [1.807, 2.05) is 38.1 Å². The lowest BCUT2D eigenvalue weighted by atomic mass is 10.2. The fourth-order valence-corrected chi connectivity index (χ4v) is 4.14. The van der Waals surface area contributed by atoms with E-state index >= 15 is 0 Å². The molecular formula is C21H21N3O4S. The van der Waals surface area contributed by atoms with Gasteiger partial charge in [-0.1, -0.05) is 17.3 Å². The van der Waals surface area contributed by atoms with Gasteiger partial charge in [0, 0.05) is 17.5 Å². The van der Waals surface area contributed by atoms with Crippen LogP contribution in [0, 0.1) is 13.8 Å². The number of amides is 1. The quantitative estimate of drug-likeness (QED) is 0.621. The molecule has 150 valence electrons. The number of para-hydroxylation sites is 2. The third-order valence-electron chi connectivity index (χ3n) is 4.61. The van der Waals surface area contributed by atoms with Crippen molar-refractivity contribution in [2.24, 2.45) is 0 Å². The highest BCUT2D eigenvalue weighted by atomic mass is 32.2. The summed E-state index contributed by atoms with van der Waals surface area (Å²) in [5.74, 6) is 2.64. The number of carbonyl (C=O) groups is 1. The van der Waals surface area contributed by atoms with Crippen LogP contribution in [0.5, 0.6) is 11.5 Å². The van der Waals surface area contributed by atoms with E-state index in [0.29, 0.717) is 35.2 Å². The standard InChI is InChI=1S/C21H21N3O4S/c1-13-17(14(2)28-24-13)12-29-21-16(6-5-9-22-21)20(25)23-10-15-11-26-18-7-3-4-8-19(18)27-15/h3-9,15H,10-12H2,1-2H3,(H,23,25)/t15-/m1/s1. The van der Waals surface area contributed by atoms with E-state index in [1.165, 1.54) is 11.8 Å². The Hall–Kier alpha value is -3.00. The zero-order chi connectivity index (χ0) is 20.2. The zero-order valence-corrected chi connectivity index (χ0v) is 17.0. The SMILES string of the molecule is Cc1noc(C)c1CSc1ncccc1C(=O)NC[C@@H]1COc2ccccc2O1. The van der Waals surface area contributed by atoms with Gasteiger partial charge in [0.2, 0.25) is 0 Å². The topological polar surface area (TPSA) is 86.5 Å². The first-order valence-corrected chi connectivity index (χ1v) is 10.3. The molecule has 0 saturated heterocycles. The maximum Gasteiger partial charge on any atom is 0.254 e. The average molecular weight is 411 g/mol. The van der Waals surface area contributed by atoms with E-state index in [2.05, 4.69) is 15.5 Å². The molecule has 3 aromatic rings. The third kappa shape index (κ3) is 4.37. The molecule has 3 heterocycles. The first-order valence-electron chi connectivity index (χ1n) is 9.28. The molecule has 2 aromatic heterocycles. The second-order valence-electron chi connectivity index (χ2n) is 6.66. The molecular weight excluding hydrogens is 390 g/mol. The second-order valence-corrected chi connectivity index (χ2v) is 7.62. The Kier molecular flexibility index (Phi) is 5.71. The molecule has 1 aliphatic heterocycles. The largest absolute Gasteiger partial charge is 0.486 e. The number of thioether (sulfide) groups is 1. The monoisotopic (exact) mass is 411 g/mol. The first-order chi connectivity index (χ1) is 14.1. The number of ether oxygens (including phenoxy) is 2. The number of hydrogen-bond acceptors (Lipinski definition) is 7. The molecule has 0 saturated carbocycles. The lowest BCUT2D eigenvalue weighted by Crippen LogP contribution is -2.40. The van der Waals surface area contributed by atoms with Crippen molar-refractivity contribution in [3.05, 3.63) is 65.2 Å². The van der Waals surface area contributed by atoms with Crippen molar-refractivity contribution >= 4 is 17.7 Å². The molecule has 0 spiro atoms. The van der Waals surface area contributed by atoms with Crippen molar-refractivity contribution in [3.8, 4) is 11.5 Å². The van der Waals surface area contributed by atoms with Crippen LogP contribution in [0.2, 0.25) is 0 Å². The summed E-state index contributed by atoms with van der Waals surface area (Å²) in [6.07, 6.45) is 1.44. The molecule has 1 N–H and O–H groups in total. The summed E-state index contributed by atoms with van der Waals surface area (Å²) in [6, 6.07) is 11.0. The number of aromatic nitrogens is 2. The van der Waals surface area contributed by atoms with Crippen LogP contribution < -0.4 is 14.8 Å². The van der Waals surface area contributed by atoms with Gasteiger partial charge in [-0.25, -0.2) is 4.98 Å². The van der Waals surface area contributed by atoms with E-state index in [-0.39, 0.29) is 12.0 Å². The highest BCUT2D eigenvalue weighted by molar-refractivity contribution is 7.98. The number of carbonyl (C=O) groups excluding carboxylic acids is 1. The summed E-state index contributed by atoms with van der Waals surface area (Å²) in [5, 5.41) is 7.56. The normalized spacial score (nSPS) is 15.2. The fourth-order valence-electron chi connectivity index (χ4n) is 2.99. The molecule has 1 aromatic carbocycles. The summed E-state index contributed by atoms with van der Waals surface area (Å²) in [7, 11) is 0. The molecule has 1 amide bonds. The van der Waals surface area contributed by atoms with Crippen LogP contribution in [-0.4, -0.2) is 35.3 Å². The Morgan fingerprint density at radius 2 is 2.03 bits per heavy atom. The molecule has 0 bridgehead atoms. The maximum atomic E-state index is 12.8. The highest BCUT2D eigenvalue weighted by Crippen LogP contribution is 2.31. The lowest BCUT2D eigenvalue weighted by Gasteiger charge is -2.26. The summed E-state index contributed by atoms with van der Waals surface area (Å²) in [4.78, 5) is 17.1. The summed E-state index contributed by atoms with van der Waals surface area (Å²) in [5.41, 5.74) is 2.41. The maximum absolute atomic E-state index is 12.8. The Bertz CT molecular complexity index is 1000. The van der Waals surface area contributed by atoms with Crippen LogP contribution in [0.1, 0.15) is 27.4 Å². The van der Waals surface area contributed by atoms with Crippen molar-refractivity contribution in [3.63, 3.8) is 0 Å². The molecule has 0 unspecified atom stereocenters. The molecule has 1 atom stereocenters. The predicted octanol–water partition coefficient (Wildman–Crippen LogP) is 3.55. The number of hydrogen-bond donors (Lipinski definition) is 1. The van der Waals surface area contributed by atoms with Crippen molar-refractivity contribution < 1.29 is 18.8 Å². The van der Waals surface area contributed by atoms with Gasteiger partial charge < -0.3 is 19.3 Å². The van der Waals surface area contributed by atoms with E-state index in [1.54, 1.807) is 18.3 Å². The minimum Gasteiger partial charge on any atom is -0.486 e. The molecule has 8 heteroatoms. The second kappa shape index (κ2) is 8.57. The fraction of sp³-hybridized carbons (Fsp3) is 0.286. The van der Waals surface area contributed by atoms with Crippen molar-refractivity contribution in [1.82, 2.24) is 15.5 Å². The van der Waals surface area contributed by atoms with E-state index < -0.39 is 0 Å². The Morgan fingerprint density at radius 1 is 1.21 bits per heavy atom. The number of nitrogens with one attached hydrogen (secondary N) is 1. The minimum absolute atomic E-state index is 0.193. The molecule has 4 rings (SSSR count). The van der Waals surface area contributed by atoms with Crippen molar-refractivity contribution in [1.29, 1.82) is 0 Å². The number of fused-ring (bicyclic) bond motifs is 1. The summed E-state index contributed by atoms with van der Waals surface area (Å²) in [6.45, 7) is 4.52. The summed E-state index contributed by atoms with van der Waals surface area (Å²) >= 11 is 1.49. The smallest absolute Gasteiger partial charge is 0.254 e. The van der Waals surface area contributed by atoms with Crippen LogP contribution in [-0.2, 0) is 5.75 Å². The number of rotatable bonds is 6.